The molecule has 36 valence electrons. The summed E-state index contributed by atoms with van der Waals surface area (Å²) in [6.45, 7) is -3.18. The molecule has 0 aromatic rings. The van der Waals surface area contributed by atoms with Gasteiger partial charge in [-0.05, 0) is 6.90 Å². The van der Waals surface area contributed by atoms with Crippen LogP contribution in [0.1, 0.15) is 11.0 Å². The van der Waals surface area contributed by atoms with E-state index in [2.05, 4.69) is 4.74 Å². The summed E-state index contributed by atoms with van der Waals surface area (Å²) in [6, 6.07) is 0. The average Bonchev–Trinajstić information content (AvgIpc) is 1.87. The number of hydrogen-bond acceptors (Lipinski definition) is 2. The minimum atomic E-state index is -2.42. The Kier molecular flexibility index (Phi) is 0.467. The third kappa shape index (κ3) is 3.27. The maximum atomic E-state index is 10.3. The van der Waals surface area contributed by atoms with Crippen LogP contribution < -0.4 is 5.72 Å². The van der Waals surface area contributed by atoms with Gasteiger partial charge in [0, 0.05) is 1.37 Å². The van der Waals surface area contributed by atoms with Crippen molar-refractivity contribution in [1.29, 1.82) is 0 Å². The van der Waals surface area contributed by atoms with Crippen molar-refractivity contribution in [3.8, 4) is 0 Å². The van der Waals surface area contributed by atoms with Crippen LogP contribution in [0, 0.1) is 0 Å². The molecule has 0 rings (SSSR count). The second-order valence-corrected chi connectivity index (χ2v) is 0.512. The quantitative estimate of drug-likeness (QED) is 0.501. The molecule has 3 heteroatoms. The Morgan fingerprint density at radius 3 is 4.00 bits per heavy atom. The largest absolute Gasteiger partial charge is 0.450 e. The van der Waals surface area contributed by atoms with E-state index in [9.17, 15) is 4.79 Å². The zero-order valence-corrected chi connectivity index (χ0v) is 2.97. The minimum Gasteiger partial charge on any atom is -0.450 e. The fraction of sp³-hybridized carbons (Fsp3) is 0.667. The first kappa shape index (κ1) is 1.12. The summed E-state index contributed by atoms with van der Waals surface area (Å²) in [5.74, 6) is 0. The zero-order valence-electron chi connectivity index (χ0n) is 7.97. The highest BCUT2D eigenvalue weighted by molar-refractivity contribution is 5.64. The number of hydrogen-bond donors (Lipinski definition) is 1. The van der Waals surface area contributed by atoms with Gasteiger partial charge in [-0.1, -0.05) is 0 Å². The SMILES string of the molecule is [2H]CC([2H])([2H])OC(=O)N([2H])[2H]. The van der Waals surface area contributed by atoms with Gasteiger partial charge in [-0.25, -0.2) is 4.79 Å². The van der Waals surface area contributed by atoms with Crippen molar-refractivity contribution in [2.45, 2.75) is 6.90 Å². The van der Waals surface area contributed by atoms with Crippen LogP contribution in [0.5, 0.6) is 0 Å². The Hall–Kier alpha value is -0.730. The molecular formula is C3H7NO2. The molecule has 0 radical (unpaired) electrons. The van der Waals surface area contributed by atoms with Crippen molar-refractivity contribution >= 4 is 6.09 Å². The molecule has 0 aromatic carbocycles. The Morgan fingerprint density at radius 1 is 2.67 bits per heavy atom. The Balaban J connectivity index is 3.94. The second-order valence-electron chi connectivity index (χ2n) is 0.512. The Morgan fingerprint density at radius 2 is 3.50 bits per heavy atom. The van der Waals surface area contributed by atoms with Gasteiger partial charge in [0.2, 0.25) is 0 Å². The number of rotatable bonds is 1. The third-order valence-electron chi connectivity index (χ3n) is 0.159. The molecule has 0 bridgehead atoms. The van der Waals surface area contributed by atoms with Gasteiger partial charge in [-0.15, -0.1) is 0 Å². The summed E-state index contributed by atoms with van der Waals surface area (Å²) in [6.07, 6.45) is -1.44. The van der Waals surface area contributed by atoms with Crippen molar-refractivity contribution in [3.05, 3.63) is 0 Å². The molecule has 0 saturated carbocycles. The molecule has 0 fully saturated rings. The normalized spacial score (nSPS) is 21.0. The molecule has 0 aliphatic heterocycles. The second kappa shape index (κ2) is 2.50. The van der Waals surface area contributed by atoms with Crippen LogP contribution in [0.3, 0.4) is 0 Å². The fourth-order valence-corrected chi connectivity index (χ4v) is 0.0617. The van der Waals surface area contributed by atoms with Crippen molar-refractivity contribution in [2.24, 2.45) is 5.72 Å². The Labute approximate surface area is 43.2 Å². The van der Waals surface area contributed by atoms with E-state index in [0.29, 0.717) is 0 Å². The molecule has 0 heterocycles. The standard InChI is InChI=1S/C3H7NO2/c1-2-6-3(4)5/h2H2,1H3,(H2,4,5)/i1D,2D2/hD2. The van der Waals surface area contributed by atoms with Gasteiger partial charge in [0.15, 0.2) is 2.82 Å². The molecular weight excluding hydrogens is 82.0 g/mol. The summed E-state index contributed by atoms with van der Waals surface area (Å²) in [7, 11) is 0. The summed E-state index contributed by atoms with van der Waals surface area (Å²) in [4.78, 5) is 10.3. The number of carbonyl (C=O) groups excluding carboxylic acids is 1. The van der Waals surface area contributed by atoms with Gasteiger partial charge in [0.05, 0.1) is 9.30 Å². The third-order valence-corrected chi connectivity index (χ3v) is 0.159. The zero-order chi connectivity index (χ0) is 9.07. The monoisotopic (exact) mass is 94.1 g/mol. The summed E-state index contributed by atoms with van der Waals surface area (Å²) in [5, 5.41) is 0. The van der Waals surface area contributed by atoms with E-state index < -0.39 is 25.3 Å². The molecule has 1 amide bonds. The lowest BCUT2D eigenvalue weighted by Crippen LogP contribution is -2.11. The van der Waals surface area contributed by atoms with Gasteiger partial charge < -0.3 is 10.5 Å². The van der Waals surface area contributed by atoms with Crippen LogP contribution >= 0.6 is 0 Å². The van der Waals surface area contributed by atoms with E-state index in [-0.39, 0.29) is 0 Å². The van der Waals surface area contributed by atoms with Gasteiger partial charge >= 0.3 is 6.09 Å². The number of ether oxygens (including phenoxy) is 1. The van der Waals surface area contributed by atoms with Gasteiger partial charge in [-0.3, -0.25) is 0 Å². The number of amides is 1. The van der Waals surface area contributed by atoms with E-state index in [1.54, 1.807) is 0 Å². The molecule has 0 aliphatic carbocycles. The molecule has 0 aliphatic rings. The van der Waals surface area contributed by atoms with Crippen molar-refractivity contribution in [2.75, 3.05) is 6.56 Å². The molecule has 0 saturated heterocycles. The van der Waals surface area contributed by atoms with E-state index in [4.69, 9.17) is 6.94 Å². The highest BCUT2D eigenvalue weighted by Crippen LogP contribution is 1.66. The predicted molar refractivity (Wildman–Crippen MR) is 21.2 cm³/mol. The van der Waals surface area contributed by atoms with Crippen LogP contribution in [0.15, 0.2) is 0 Å². The minimum absolute atomic E-state index is 0.395. The lowest BCUT2D eigenvalue weighted by atomic mass is 10.9. The molecule has 0 unspecified atom stereocenters. The van der Waals surface area contributed by atoms with Crippen LogP contribution in [-0.4, -0.2) is 12.7 Å². The number of carbonyl (C=O) groups is 1. The molecule has 0 spiro atoms. The first-order chi connectivity index (χ1) is 4.89. The van der Waals surface area contributed by atoms with Gasteiger partial charge in [-0.2, -0.15) is 0 Å². The summed E-state index contributed by atoms with van der Waals surface area (Å²) < 4.78 is 36.6. The average molecular weight is 94.1 g/mol. The highest BCUT2D eigenvalue weighted by Gasteiger charge is 1.82. The first-order valence-corrected chi connectivity index (χ1v) is 1.19. The summed E-state index contributed by atoms with van der Waals surface area (Å²) in [5.41, 5.74) is -0.395. The highest BCUT2D eigenvalue weighted by atomic mass is 16.5. The van der Waals surface area contributed by atoms with Crippen LogP contribution in [0.2, 0.25) is 2.82 Å². The lowest BCUT2D eigenvalue weighted by molar-refractivity contribution is 0.163. The summed E-state index contributed by atoms with van der Waals surface area (Å²) >= 11 is 0. The van der Waals surface area contributed by atoms with Crippen LogP contribution in [0.4, 0.5) is 4.79 Å². The van der Waals surface area contributed by atoms with Crippen molar-refractivity contribution < 1.29 is 16.5 Å². The van der Waals surface area contributed by atoms with Crippen molar-refractivity contribution in [3.63, 3.8) is 0 Å². The van der Waals surface area contributed by atoms with Crippen LogP contribution in [0.25, 0.3) is 0 Å². The predicted octanol–water partition coefficient (Wildman–Crippen LogP) is 0.102. The van der Waals surface area contributed by atoms with E-state index in [0.717, 1.165) is 0 Å². The smallest absolute Gasteiger partial charge is 0.404 e. The topological polar surface area (TPSA) is 52.3 Å². The Bertz CT molecular complexity index is 149. The van der Waals surface area contributed by atoms with E-state index in [1.807, 2.05) is 0 Å². The molecule has 2 N–H and O–H groups in total. The fourth-order valence-electron chi connectivity index (χ4n) is 0.0617. The number of nitrogens with two attached hydrogens (primary N) is 1. The molecule has 0 atom stereocenters. The number of primary amides is 1. The molecule has 0 aromatic heterocycles. The maximum Gasteiger partial charge on any atom is 0.404 e. The van der Waals surface area contributed by atoms with Crippen LogP contribution in [-0.2, 0) is 4.74 Å². The first-order valence-electron chi connectivity index (χ1n) is 3.79. The lowest BCUT2D eigenvalue weighted by Gasteiger charge is -1.89. The molecule has 6 heavy (non-hydrogen) atoms. The van der Waals surface area contributed by atoms with Gasteiger partial charge in [0.1, 0.15) is 0 Å². The molecule has 3 nitrogen and oxygen atoms in total. The maximum absolute atomic E-state index is 10.3. The van der Waals surface area contributed by atoms with Gasteiger partial charge in [0.25, 0.3) is 0 Å². The van der Waals surface area contributed by atoms with E-state index >= 15 is 0 Å². The van der Waals surface area contributed by atoms with Crippen molar-refractivity contribution in [1.82, 2.24) is 0 Å². The van der Waals surface area contributed by atoms with E-state index in [1.165, 1.54) is 0 Å².